The van der Waals surface area contributed by atoms with Crippen molar-refractivity contribution in [3.63, 3.8) is 0 Å². The van der Waals surface area contributed by atoms with Crippen LogP contribution >= 0.6 is 11.3 Å². The molecular weight excluding hydrogens is 242 g/mol. The third kappa shape index (κ3) is 3.42. The summed E-state index contributed by atoms with van der Waals surface area (Å²) >= 11 is 1.16. The van der Waals surface area contributed by atoms with Crippen LogP contribution < -0.4 is 5.73 Å². The number of nitrogens with zero attached hydrogens (tertiary/aromatic N) is 2. The standard InChI is InChI=1S/C10H15N3O3S/c1-3-6(2)13(4-8(14)15)9(16)7-5-17-10(11)12-7/h5-6H,3-4H2,1-2H3,(H2,11,12)(H,14,15). The highest BCUT2D eigenvalue weighted by Crippen LogP contribution is 2.15. The maximum absolute atomic E-state index is 12.0. The minimum Gasteiger partial charge on any atom is -0.480 e. The summed E-state index contributed by atoms with van der Waals surface area (Å²) < 4.78 is 0. The molecule has 0 aliphatic heterocycles. The number of hydrogen-bond acceptors (Lipinski definition) is 5. The van der Waals surface area contributed by atoms with E-state index >= 15 is 0 Å². The summed E-state index contributed by atoms with van der Waals surface area (Å²) in [6, 6.07) is -0.151. The number of rotatable bonds is 5. The Balaban J connectivity index is 2.89. The second kappa shape index (κ2) is 5.62. The number of aliphatic carboxylic acids is 1. The highest BCUT2D eigenvalue weighted by atomic mass is 32.1. The van der Waals surface area contributed by atoms with Gasteiger partial charge in [0.1, 0.15) is 12.2 Å². The van der Waals surface area contributed by atoms with Gasteiger partial charge >= 0.3 is 5.97 Å². The molecule has 1 atom stereocenters. The lowest BCUT2D eigenvalue weighted by Crippen LogP contribution is -2.42. The van der Waals surface area contributed by atoms with Crippen molar-refractivity contribution in [2.75, 3.05) is 12.3 Å². The van der Waals surface area contributed by atoms with Crippen molar-refractivity contribution < 1.29 is 14.7 Å². The first-order valence-electron chi connectivity index (χ1n) is 5.19. The molecule has 1 unspecified atom stereocenters. The first-order chi connectivity index (χ1) is 7.95. The lowest BCUT2D eigenvalue weighted by molar-refractivity contribution is -0.138. The minimum absolute atomic E-state index is 0.151. The SMILES string of the molecule is CCC(C)N(CC(=O)O)C(=O)c1csc(N)n1. The van der Waals surface area contributed by atoms with Crippen LogP contribution in [-0.2, 0) is 4.79 Å². The Kier molecular flexibility index (Phi) is 4.45. The van der Waals surface area contributed by atoms with Gasteiger partial charge in [0.15, 0.2) is 5.13 Å². The van der Waals surface area contributed by atoms with E-state index < -0.39 is 11.9 Å². The first kappa shape index (κ1) is 13.4. The molecule has 0 saturated carbocycles. The molecule has 0 fully saturated rings. The molecule has 0 aliphatic carbocycles. The van der Waals surface area contributed by atoms with Gasteiger partial charge in [-0.25, -0.2) is 4.98 Å². The van der Waals surface area contributed by atoms with Gasteiger partial charge in [-0.2, -0.15) is 0 Å². The maximum atomic E-state index is 12.0. The number of carbonyl (C=O) groups excluding carboxylic acids is 1. The zero-order chi connectivity index (χ0) is 13.0. The predicted octanol–water partition coefficient (Wildman–Crippen LogP) is 1.05. The fraction of sp³-hybridized carbons (Fsp3) is 0.500. The van der Waals surface area contributed by atoms with Gasteiger partial charge in [0, 0.05) is 11.4 Å². The largest absolute Gasteiger partial charge is 0.480 e. The Morgan fingerprint density at radius 2 is 2.29 bits per heavy atom. The molecule has 0 aliphatic rings. The number of aromatic nitrogens is 1. The van der Waals surface area contributed by atoms with E-state index in [1.165, 1.54) is 10.3 Å². The normalized spacial score (nSPS) is 12.1. The molecule has 17 heavy (non-hydrogen) atoms. The van der Waals surface area contributed by atoms with Crippen LogP contribution in [0.15, 0.2) is 5.38 Å². The summed E-state index contributed by atoms with van der Waals surface area (Å²) in [4.78, 5) is 27.9. The van der Waals surface area contributed by atoms with E-state index in [-0.39, 0.29) is 18.3 Å². The zero-order valence-electron chi connectivity index (χ0n) is 9.71. The Morgan fingerprint density at radius 1 is 1.65 bits per heavy atom. The van der Waals surface area contributed by atoms with Crippen LogP contribution in [0.2, 0.25) is 0 Å². The fourth-order valence-electron chi connectivity index (χ4n) is 1.33. The molecular formula is C10H15N3O3S. The van der Waals surface area contributed by atoms with Gasteiger partial charge in [-0.3, -0.25) is 9.59 Å². The summed E-state index contributed by atoms with van der Waals surface area (Å²) in [6.45, 7) is 3.37. The van der Waals surface area contributed by atoms with Crippen molar-refractivity contribution >= 4 is 28.3 Å². The predicted molar refractivity (Wildman–Crippen MR) is 65.0 cm³/mol. The Morgan fingerprint density at radius 3 is 2.71 bits per heavy atom. The van der Waals surface area contributed by atoms with Gasteiger partial charge in [0.05, 0.1) is 0 Å². The van der Waals surface area contributed by atoms with Crippen molar-refractivity contribution in [2.45, 2.75) is 26.3 Å². The Hall–Kier alpha value is -1.63. The van der Waals surface area contributed by atoms with Crippen molar-refractivity contribution in [2.24, 2.45) is 0 Å². The fourth-order valence-corrected chi connectivity index (χ4v) is 1.86. The molecule has 0 radical (unpaired) electrons. The molecule has 0 spiro atoms. The molecule has 94 valence electrons. The molecule has 7 heteroatoms. The Labute approximate surface area is 103 Å². The number of anilines is 1. The monoisotopic (exact) mass is 257 g/mol. The zero-order valence-corrected chi connectivity index (χ0v) is 10.5. The number of carboxylic acid groups (broad SMARTS) is 1. The molecule has 0 bridgehead atoms. The maximum Gasteiger partial charge on any atom is 0.323 e. The second-order valence-electron chi connectivity index (χ2n) is 3.66. The first-order valence-corrected chi connectivity index (χ1v) is 6.07. The average molecular weight is 257 g/mol. The highest BCUT2D eigenvalue weighted by molar-refractivity contribution is 7.13. The molecule has 1 amide bonds. The van der Waals surface area contributed by atoms with E-state index in [9.17, 15) is 9.59 Å². The topological polar surface area (TPSA) is 96.5 Å². The van der Waals surface area contributed by atoms with Gasteiger partial charge in [-0.05, 0) is 13.3 Å². The summed E-state index contributed by atoms with van der Waals surface area (Å²) in [5, 5.41) is 10.6. The number of nitrogens with two attached hydrogens (primary N) is 1. The van der Waals surface area contributed by atoms with E-state index in [0.717, 1.165) is 11.3 Å². The van der Waals surface area contributed by atoms with E-state index in [1.54, 1.807) is 6.92 Å². The Bertz CT molecular complexity index is 419. The number of hydrogen-bond donors (Lipinski definition) is 2. The van der Waals surface area contributed by atoms with Gasteiger partial charge in [0.2, 0.25) is 0 Å². The molecule has 3 N–H and O–H groups in total. The third-order valence-corrected chi connectivity index (χ3v) is 3.10. The minimum atomic E-state index is -1.04. The van der Waals surface area contributed by atoms with E-state index in [1.807, 2.05) is 6.92 Å². The average Bonchev–Trinajstić information content (AvgIpc) is 2.70. The quantitative estimate of drug-likeness (QED) is 0.821. The number of nitrogen functional groups attached to an aromatic ring is 1. The van der Waals surface area contributed by atoms with Crippen molar-refractivity contribution in [3.8, 4) is 0 Å². The lowest BCUT2D eigenvalue weighted by Gasteiger charge is -2.26. The van der Waals surface area contributed by atoms with E-state index in [2.05, 4.69) is 4.98 Å². The summed E-state index contributed by atoms with van der Waals surface area (Å²) in [5.41, 5.74) is 5.65. The number of carbonyl (C=O) groups is 2. The number of carboxylic acids is 1. The van der Waals surface area contributed by atoms with E-state index in [0.29, 0.717) is 11.6 Å². The van der Waals surface area contributed by atoms with Crippen LogP contribution in [0.1, 0.15) is 30.8 Å². The van der Waals surface area contributed by atoms with Crippen LogP contribution in [0.25, 0.3) is 0 Å². The molecule has 0 aromatic carbocycles. The highest BCUT2D eigenvalue weighted by Gasteiger charge is 2.24. The van der Waals surface area contributed by atoms with E-state index in [4.69, 9.17) is 10.8 Å². The van der Waals surface area contributed by atoms with Crippen LogP contribution in [-0.4, -0.2) is 39.5 Å². The molecule has 0 saturated heterocycles. The summed E-state index contributed by atoms with van der Waals surface area (Å²) in [5.74, 6) is -1.43. The van der Waals surface area contributed by atoms with Crippen LogP contribution in [0.5, 0.6) is 0 Å². The third-order valence-electron chi connectivity index (χ3n) is 2.43. The number of amides is 1. The summed E-state index contributed by atoms with van der Waals surface area (Å²) in [7, 11) is 0. The van der Waals surface area contributed by atoms with Crippen LogP contribution in [0, 0.1) is 0 Å². The van der Waals surface area contributed by atoms with Gasteiger partial charge in [-0.15, -0.1) is 11.3 Å². The van der Waals surface area contributed by atoms with Gasteiger partial charge in [0.25, 0.3) is 5.91 Å². The van der Waals surface area contributed by atoms with Crippen molar-refractivity contribution in [3.05, 3.63) is 11.1 Å². The van der Waals surface area contributed by atoms with Crippen LogP contribution in [0.4, 0.5) is 5.13 Å². The van der Waals surface area contributed by atoms with Gasteiger partial charge in [-0.1, -0.05) is 6.92 Å². The smallest absolute Gasteiger partial charge is 0.323 e. The summed E-state index contributed by atoms with van der Waals surface area (Å²) in [6.07, 6.45) is 0.679. The molecule has 6 nitrogen and oxygen atoms in total. The number of thiazole rings is 1. The van der Waals surface area contributed by atoms with Gasteiger partial charge < -0.3 is 15.7 Å². The lowest BCUT2D eigenvalue weighted by atomic mass is 10.2. The second-order valence-corrected chi connectivity index (χ2v) is 4.54. The van der Waals surface area contributed by atoms with Crippen molar-refractivity contribution in [1.82, 2.24) is 9.88 Å². The molecule has 1 heterocycles. The molecule has 1 aromatic heterocycles. The molecule has 1 aromatic rings. The molecule has 1 rings (SSSR count). The van der Waals surface area contributed by atoms with Crippen molar-refractivity contribution in [1.29, 1.82) is 0 Å². The van der Waals surface area contributed by atoms with Crippen LogP contribution in [0.3, 0.4) is 0 Å².